The number of hydrogen-bond donors (Lipinski definition) is 3. The van der Waals surface area contributed by atoms with Crippen molar-refractivity contribution >= 4 is 15.9 Å². The Kier molecular flexibility index (Phi) is 5.20. The smallest absolute Gasteiger partial charge is 0.221 e. The third-order valence-corrected chi connectivity index (χ3v) is 4.47. The molecule has 1 amide bonds. The Balaban J connectivity index is 1.93. The van der Waals surface area contributed by atoms with Crippen LogP contribution in [0.3, 0.4) is 0 Å². The summed E-state index contributed by atoms with van der Waals surface area (Å²) < 4.78 is 25.9. The average molecular weight is 330 g/mol. The summed E-state index contributed by atoms with van der Waals surface area (Å²) in [4.78, 5) is 12.0. The van der Waals surface area contributed by atoms with Gasteiger partial charge >= 0.3 is 0 Å². The molecule has 3 N–H and O–H groups in total. The molecular weight excluding hydrogens is 308 g/mol. The van der Waals surface area contributed by atoms with Crippen LogP contribution in [0.4, 0.5) is 0 Å². The molecule has 9 heteroatoms. The molecule has 0 bridgehead atoms. The first kappa shape index (κ1) is 16.9. The van der Waals surface area contributed by atoms with Crippen molar-refractivity contribution in [3.8, 4) is 0 Å². The topological polar surface area (TPSA) is 113 Å². The minimum absolute atomic E-state index is 0.0672. The van der Waals surface area contributed by atoms with Crippen molar-refractivity contribution in [3.63, 3.8) is 0 Å². The molecule has 2 rings (SSSR count). The largest absolute Gasteiger partial charge is 0.393 e. The molecule has 0 aromatic carbocycles. The van der Waals surface area contributed by atoms with E-state index in [9.17, 15) is 18.3 Å². The van der Waals surface area contributed by atoms with Crippen molar-refractivity contribution in [3.05, 3.63) is 18.0 Å². The van der Waals surface area contributed by atoms with Crippen molar-refractivity contribution < 1.29 is 18.3 Å². The molecule has 0 unspecified atom stereocenters. The molecule has 1 heterocycles. The van der Waals surface area contributed by atoms with E-state index in [-0.39, 0.29) is 36.9 Å². The minimum atomic E-state index is -3.29. The van der Waals surface area contributed by atoms with Crippen LogP contribution in [0, 0.1) is 5.92 Å². The van der Waals surface area contributed by atoms with Crippen LogP contribution in [-0.2, 0) is 21.9 Å². The normalized spacial score (nSPS) is 22.9. The summed E-state index contributed by atoms with van der Waals surface area (Å²) in [6, 6.07) is -0.206. The van der Waals surface area contributed by atoms with Gasteiger partial charge < -0.3 is 10.4 Å². The number of hydrogen-bond acceptors (Lipinski definition) is 5. The first-order chi connectivity index (χ1) is 10.2. The minimum Gasteiger partial charge on any atom is -0.393 e. The Hall–Kier alpha value is -1.45. The maximum Gasteiger partial charge on any atom is 0.221 e. The highest BCUT2D eigenvalue weighted by molar-refractivity contribution is 7.88. The van der Waals surface area contributed by atoms with Crippen LogP contribution < -0.4 is 10.0 Å². The van der Waals surface area contributed by atoms with E-state index in [1.807, 2.05) is 6.20 Å². The van der Waals surface area contributed by atoms with Gasteiger partial charge in [0.1, 0.15) is 0 Å². The second-order valence-corrected chi connectivity index (χ2v) is 7.63. The van der Waals surface area contributed by atoms with Crippen LogP contribution in [0.15, 0.2) is 12.4 Å². The predicted octanol–water partition coefficient (Wildman–Crippen LogP) is -0.712. The molecular formula is C13H22N4O4S. The fourth-order valence-electron chi connectivity index (χ4n) is 2.57. The lowest BCUT2D eigenvalue weighted by Crippen LogP contribution is -2.42. The summed E-state index contributed by atoms with van der Waals surface area (Å²) in [5.74, 6) is -0.0580. The van der Waals surface area contributed by atoms with Gasteiger partial charge in [-0.05, 0) is 18.8 Å². The first-order valence-electron chi connectivity index (χ1n) is 7.15. The number of aromatic nitrogens is 2. The number of carbonyl (C=O) groups excluding carboxylic acids is 1. The SMILES string of the molecule is Cn1cc([C@@H](NC(=O)CCNS(C)(=O)=O)C2CC(O)C2)cn1. The highest BCUT2D eigenvalue weighted by Crippen LogP contribution is 2.37. The molecule has 8 nitrogen and oxygen atoms in total. The summed E-state index contributed by atoms with van der Waals surface area (Å²) in [5, 5.41) is 16.5. The summed E-state index contributed by atoms with van der Waals surface area (Å²) >= 11 is 0. The lowest BCUT2D eigenvalue weighted by atomic mass is 9.75. The number of amides is 1. The van der Waals surface area contributed by atoms with Gasteiger partial charge in [0.05, 0.1) is 24.6 Å². The Bertz CT molecular complexity index is 622. The Morgan fingerprint density at radius 2 is 2.23 bits per heavy atom. The van der Waals surface area contributed by atoms with Crippen LogP contribution in [0.1, 0.15) is 30.9 Å². The number of rotatable bonds is 7. The molecule has 1 aromatic rings. The number of aliphatic hydroxyl groups excluding tert-OH is 1. The van der Waals surface area contributed by atoms with Crippen molar-refractivity contribution in [2.45, 2.75) is 31.4 Å². The van der Waals surface area contributed by atoms with Gasteiger partial charge in [-0.1, -0.05) is 0 Å². The molecule has 1 aliphatic rings. The predicted molar refractivity (Wildman–Crippen MR) is 80.3 cm³/mol. The first-order valence-corrected chi connectivity index (χ1v) is 9.04. The number of carbonyl (C=O) groups is 1. The van der Waals surface area contributed by atoms with E-state index in [0.29, 0.717) is 12.8 Å². The molecule has 1 aromatic heterocycles. The van der Waals surface area contributed by atoms with Crippen LogP contribution in [0.25, 0.3) is 0 Å². The second kappa shape index (κ2) is 6.76. The van der Waals surface area contributed by atoms with Gasteiger partial charge in [-0.3, -0.25) is 9.48 Å². The molecule has 22 heavy (non-hydrogen) atoms. The number of aliphatic hydroxyl groups is 1. The molecule has 1 atom stereocenters. The van der Waals surface area contributed by atoms with Crippen LogP contribution in [-0.4, -0.2) is 48.1 Å². The van der Waals surface area contributed by atoms with Gasteiger partial charge in [0.25, 0.3) is 0 Å². The van der Waals surface area contributed by atoms with Gasteiger partial charge in [0.15, 0.2) is 0 Å². The third-order valence-electron chi connectivity index (χ3n) is 3.74. The van der Waals surface area contributed by atoms with E-state index in [2.05, 4.69) is 15.1 Å². The van der Waals surface area contributed by atoms with Gasteiger partial charge in [0.2, 0.25) is 15.9 Å². The second-order valence-electron chi connectivity index (χ2n) is 5.79. The van der Waals surface area contributed by atoms with E-state index in [4.69, 9.17) is 0 Å². The standard InChI is InChI=1S/C13H22N4O4S/c1-17-8-10(7-14-17)13(9-5-11(18)6-9)16-12(19)3-4-15-22(2,20)21/h7-9,11,13,15,18H,3-6H2,1-2H3,(H,16,19)/t9?,11?,13-/m0/s1. The van der Waals surface area contributed by atoms with Crippen LogP contribution >= 0.6 is 0 Å². The Morgan fingerprint density at radius 3 is 2.73 bits per heavy atom. The van der Waals surface area contributed by atoms with E-state index >= 15 is 0 Å². The van der Waals surface area contributed by atoms with Gasteiger partial charge in [-0.2, -0.15) is 5.10 Å². The quantitative estimate of drug-likeness (QED) is 0.611. The summed E-state index contributed by atoms with van der Waals surface area (Å²) in [5.41, 5.74) is 0.892. The lowest BCUT2D eigenvalue weighted by molar-refractivity contribution is -0.122. The third kappa shape index (κ3) is 4.79. The zero-order valence-electron chi connectivity index (χ0n) is 12.7. The molecule has 1 fully saturated rings. The molecule has 0 saturated heterocycles. The van der Waals surface area contributed by atoms with Crippen LogP contribution in [0.5, 0.6) is 0 Å². The molecule has 1 aliphatic carbocycles. The molecule has 1 saturated carbocycles. The molecule has 0 spiro atoms. The maximum atomic E-state index is 12.0. The van der Waals surface area contributed by atoms with Crippen molar-refractivity contribution in [2.24, 2.45) is 13.0 Å². The average Bonchev–Trinajstić information content (AvgIpc) is 2.77. The Labute approximate surface area is 129 Å². The van der Waals surface area contributed by atoms with E-state index in [0.717, 1.165) is 11.8 Å². The van der Waals surface area contributed by atoms with Gasteiger partial charge in [-0.15, -0.1) is 0 Å². The van der Waals surface area contributed by atoms with Crippen molar-refractivity contribution in [2.75, 3.05) is 12.8 Å². The lowest BCUT2D eigenvalue weighted by Gasteiger charge is -2.37. The number of nitrogens with zero attached hydrogens (tertiary/aromatic N) is 2. The van der Waals surface area contributed by atoms with Crippen LogP contribution in [0.2, 0.25) is 0 Å². The maximum absolute atomic E-state index is 12.0. The van der Waals surface area contributed by atoms with Crippen molar-refractivity contribution in [1.29, 1.82) is 0 Å². The highest BCUT2D eigenvalue weighted by Gasteiger charge is 2.36. The molecule has 0 radical (unpaired) electrons. The van der Waals surface area contributed by atoms with E-state index in [1.165, 1.54) is 0 Å². The zero-order chi connectivity index (χ0) is 16.3. The number of nitrogens with one attached hydrogen (secondary N) is 2. The fourth-order valence-corrected chi connectivity index (χ4v) is 3.04. The zero-order valence-corrected chi connectivity index (χ0v) is 13.5. The summed E-state index contributed by atoms with van der Waals surface area (Å²) in [6.45, 7) is 0.0672. The van der Waals surface area contributed by atoms with E-state index in [1.54, 1.807) is 17.9 Å². The van der Waals surface area contributed by atoms with Gasteiger partial charge in [-0.25, -0.2) is 13.1 Å². The van der Waals surface area contributed by atoms with Crippen molar-refractivity contribution in [1.82, 2.24) is 19.8 Å². The van der Waals surface area contributed by atoms with E-state index < -0.39 is 10.0 Å². The number of sulfonamides is 1. The van der Waals surface area contributed by atoms with Gasteiger partial charge in [0, 0.05) is 31.8 Å². The number of aryl methyl sites for hydroxylation is 1. The summed E-state index contributed by atoms with van der Waals surface area (Å²) in [6.07, 6.45) is 5.63. The molecule has 0 aliphatic heterocycles. The monoisotopic (exact) mass is 330 g/mol. The highest BCUT2D eigenvalue weighted by atomic mass is 32.2. The molecule has 124 valence electrons. The summed E-state index contributed by atoms with van der Waals surface area (Å²) in [7, 11) is -1.49. The fraction of sp³-hybridized carbons (Fsp3) is 0.692. The Morgan fingerprint density at radius 1 is 1.55 bits per heavy atom.